The highest BCUT2D eigenvalue weighted by molar-refractivity contribution is 6.35. The summed E-state index contributed by atoms with van der Waals surface area (Å²) in [5.41, 5.74) is 3.13. The summed E-state index contributed by atoms with van der Waals surface area (Å²) in [7, 11) is 0. The van der Waals surface area contributed by atoms with E-state index >= 15 is 0 Å². The molecule has 2 aromatic rings. The smallest absolute Gasteiger partial charge is 0.242 e. The lowest BCUT2D eigenvalue weighted by Crippen LogP contribution is -2.48. The zero-order chi connectivity index (χ0) is 23.0. The number of nitrogens with one attached hydrogen (secondary N) is 1. The summed E-state index contributed by atoms with van der Waals surface area (Å²) in [6.07, 6.45) is 1.92. The van der Waals surface area contributed by atoms with Crippen LogP contribution in [0.3, 0.4) is 0 Å². The predicted octanol–water partition coefficient (Wildman–Crippen LogP) is 5.68. The Bertz CT molecular complexity index is 882. The Morgan fingerprint density at radius 2 is 1.65 bits per heavy atom. The van der Waals surface area contributed by atoms with E-state index in [1.54, 1.807) is 30.0 Å². The van der Waals surface area contributed by atoms with Gasteiger partial charge in [-0.15, -0.1) is 0 Å². The van der Waals surface area contributed by atoms with Gasteiger partial charge in [0.05, 0.1) is 0 Å². The molecule has 0 saturated carbocycles. The molecule has 0 saturated heterocycles. The monoisotopic (exact) mass is 462 g/mol. The number of carbonyl (C=O) groups excluding carboxylic acids is 2. The van der Waals surface area contributed by atoms with Gasteiger partial charge in [-0.1, -0.05) is 74.3 Å². The number of carbonyl (C=O) groups is 2. The summed E-state index contributed by atoms with van der Waals surface area (Å²) in [6.45, 7) is 8.75. The number of amides is 2. The first-order chi connectivity index (χ1) is 14.7. The molecule has 1 N–H and O–H groups in total. The molecule has 1 unspecified atom stereocenters. The molecule has 6 heteroatoms. The Morgan fingerprint density at radius 1 is 1.00 bits per heavy atom. The number of nitrogens with zero attached hydrogens (tertiary/aromatic N) is 1. The van der Waals surface area contributed by atoms with Gasteiger partial charge >= 0.3 is 0 Å². The maximum absolute atomic E-state index is 13.2. The van der Waals surface area contributed by atoms with E-state index in [2.05, 4.69) is 36.5 Å². The van der Waals surface area contributed by atoms with Gasteiger partial charge in [0.15, 0.2) is 0 Å². The fraction of sp³-hybridized carbons (Fsp3) is 0.440. The average molecular weight is 463 g/mol. The van der Waals surface area contributed by atoms with Crippen LogP contribution in [0.2, 0.25) is 10.0 Å². The Labute approximate surface area is 195 Å². The summed E-state index contributed by atoms with van der Waals surface area (Å²) in [4.78, 5) is 27.5. The van der Waals surface area contributed by atoms with Crippen LogP contribution in [0.15, 0.2) is 42.5 Å². The highest BCUT2D eigenvalue weighted by Crippen LogP contribution is 2.23. The molecule has 2 aromatic carbocycles. The van der Waals surface area contributed by atoms with Gasteiger partial charge in [-0.25, -0.2) is 0 Å². The second-order valence-corrected chi connectivity index (χ2v) is 9.09. The minimum atomic E-state index is -0.611. The highest BCUT2D eigenvalue weighted by atomic mass is 35.5. The first-order valence-corrected chi connectivity index (χ1v) is 11.6. The summed E-state index contributed by atoms with van der Waals surface area (Å²) in [5, 5.41) is 3.94. The minimum absolute atomic E-state index is 0.0854. The van der Waals surface area contributed by atoms with Crippen molar-refractivity contribution >= 4 is 35.0 Å². The van der Waals surface area contributed by atoms with Gasteiger partial charge in [-0.3, -0.25) is 9.59 Å². The molecule has 0 heterocycles. The van der Waals surface area contributed by atoms with Crippen molar-refractivity contribution in [2.24, 2.45) is 5.92 Å². The molecule has 0 aromatic heterocycles. The van der Waals surface area contributed by atoms with E-state index in [4.69, 9.17) is 23.2 Å². The average Bonchev–Trinajstić information content (AvgIpc) is 2.75. The third kappa shape index (κ3) is 7.86. The van der Waals surface area contributed by atoms with E-state index in [9.17, 15) is 9.59 Å². The van der Waals surface area contributed by atoms with Crippen molar-refractivity contribution in [3.63, 3.8) is 0 Å². The van der Waals surface area contributed by atoms with Crippen molar-refractivity contribution in [3.8, 4) is 0 Å². The fourth-order valence-electron chi connectivity index (χ4n) is 3.20. The predicted molar refractivity (Wildman–Crippen MR) is 128 cm³/mol. The lowest BCUT2D eigenvalue weighted by atomic mass is 10.0. The van der Waals surface area contributed by atoms with Crippen LogP contribution < -0.4 is 5.32 Å². The van der Waals surface area contributed by atoms with Crippen molar-refractivity contribution in [2.45, 2.75) is 59.5 Å². The largest absolute Gasteiger partial charge is 0.354 e. The van der Waals surface area contributed by atoms with Crippen LogP contribution in [0, 0.1) is 5.92 Å². The molecule has 1 atom stereocenters. The van der Waals surface area contributed by atoms with Crippen LogP contribution in [0.1, 0.15) is 50.8 Å². The lowest BCUT2D eigenvalue weighted by Gasteiger charge is -2.29. The number of rotatable bonds is 10. The Balaban J connectivity index is 2.15. The van der Waals surface area contributed by atoms with Crippen molar-refractivity contribution < 1.29 is 9.59 Å². The zero-order valence-electron chi connectivity index (χ0n) is 18.8. The molecular weight excluding hydrogens is 431 g/mol. The number of halogens is 2. The summed E-state index contributed by atoms with van der Waals surface area (Å²) >= 11 is 12.4. The van der Waals surface area contributed by atoms with Crippen molar-refractivity contribution in [3.05, 3.63) is 69.2 Å². The summed E-state index contributed by atoms with van der Waals surface area (Å²) in [6, 6.07) is 12.9. The fourth-order valence-corrected chi connectivity index (χ4v) is 3.67. The molecule has 0 aliphatic carbocycles. The Kier molecular flexibility index (Phi) is 9.86. The van der Waals surface area contributed by atoms with E-state index in [0.717, 1.165) is 17.5 Å². The van der Waals surface area contributed by atoms with E-state index in [1.807, 2.05) is 13.8 Å². The van der Waals surface area contributed by atoms with Crippen LogP contribution >= 0.6 is 23.2 Å². The molecule has 168 valence electrons. The molecular formula is C25H32Cl2N2O2. The molecule has 2 rings (SSSR count). The molecule has 0 fully saturated rings. The Hall–Kier alpha value is -2.04. The molecule has 4 nitrogen and oxygen atoms in total. The second-order valence-electron chi connectivity index (χ2n) is 8.24. The van der Waals surface area contributed by atoms with Crippen molar-refractivity contribution in [1.29, 1.82) is 0 Å². The highest BCUT2D eigenvalue weighted by Gasteiger charge is 2.26. The summed E-state index contributed by atoms with van der Waals surface area (Å²) < 4.78 is 0. The molecule has 0 aliphatic heterocycles. The van der Waals surface area contributed by atoms with Gasteiger partial charge in [0.1, 0.15) is 6.04 Å². The lowest BCUT2D eigenvalue weighted by molar-refractivity contribution is -0.140. The van der Waals surface area contributed by atoms with Gasteiger partial charge in [0.2, 0.25) is 11.8 Å². The first-order valence-electron chi connectivity index (χ1n) is 10.8. The number of benzene rings is 2. The standard InChI is InChI=1S/C25H32Cl2N2O2/c1-5-19-6-8-20(9-7-19)10-13-24(30)29(18(4)25(31)28-15-17(2)3)16-21-11-12-22(26)14-23(21)27/h6-9,11-12,14,17-18H,5,10,13,15-16H2,1-4H3,(H,28,31). The molecule has 0 radical (unpaired) electrons. The van der Waals surface area contributed by atoms with E-state index in [1.165, 1.54) is 5.56 Å². The van der Waals surface area contributed by atoms with E-state index < -0.39 is 6.04 Å². The van der Waals surface area contributed by atoms with Crippen LogP contribution in [-0.2, 0) is 29.0 Å². The molecule has 0 aliphatic rings. The molecule has 0 bridgehead atoms. The van der Waals surface area contributed by atoms with Gasteiger partial charge < -0.3 is 10.2 Å². The number of aryl methyl sites for hydroxylation is 2. The van der Waals surface area contributed by atoms with Gasteiger partial charge in [0, 0.05) is 29.6 Å². The quantitative estimate of drug-likeness (QED) is 0.493. The third-order valence-electron chi connectivity index (χ3n) is 5.27. The van der Waals surface area contributed by atoms with Gasteiger partial charge in [0.25, 0.3) is 0 Å². The maximum Gasteiger partial charge on any atom is 0.242 e. The van der Waals surface area contributed by atoms with Crippen molar-refractivity contribution in [1.82, 2.24) is 10.2 Å². The van der Waals surface area contributed by atoms with Crippen LogP contribution in [0.5, 0.6) is 0 Å². The topological polar surface area (TPSA) is 49.4 Å². The third-order valence-corrected chi connectivity index (χ3v) is 5.85. The van der Waals surface area contributed by atoms with E-state index in [0.29, 0.717) is 35.3 Å². The molecule has 0 spiro atoms. The minimum Gasteiger partial charge on any atom is -0.354 e. The first kappa shape index (κ1) is 25.2. The zero-order valence-corrected chi connectivity index (χ0v) is 20.3. The SMILES string of the molecule is CCc1ccc(CCC(=O)N(Cc2ccc(Cl)cc2Cl)C(C)C(=O)NCC(C)C)cc1. The normalized spacial score (nSPS) is 12.0. The van der Waals surface area contributed by atoms with Crippen molar-refractivity contribution in [2.75, 3.05) is 6.54 Å². The summed E-state index contributed by atoms with van der Waals surface area (Å²) in [5.74, 6) is 0.0781. The molecule has 31 heavy (non-hydrogen) atoms. The van der Waals surface area contributed by atoms with Gasteiger partial charge in [-0.2, -0.15) is 0 Å². The van der Waals surface area contributed by atoms with Gasteiger partial charge in [-0.05, 0) is 54.5 Å². The molecule has 2 amide bonds. The second kappa shape index (κ2) is 12.1. The van der Waals surface area contributed by atoms with Crippen LogP contribution in [-0.4, -0.2) is 29.3 Å². The van der Waals surface area contributed by atoms with E-state index in [-0.39, 0.29) is 18.4 Å². The van der Waals surface area contributed by atoms with Crippen LogP contribution in [0.25, 0.3) is 0 Å². The van der Waals surface area contributed by atoms with Crippen LogP contribution in [0.4, 0.5) is 0 Å². The number of hydrogen-bond donors (Lipinski definition) is 1. The number of hydrogen-bond acceptors (Lipinski definition) is 2. The Morgan fingerprint density at radius 3 is 2.23 bits per heavy atom. The maximum atomic E-state index is 13.2.